The molecule has 0 saturated carbocycles. The van der Waals surface area contributed by atoms with Crippen LogP contribution in [0.15, 0.2) is 12.5 Å². The molecule has 2 amide bonds. The Morgan fingerprint density at radius 3 is 2.65 bits per heavy atom. The number of nitrogens with one attached hydrogen (secondary N) is 2. The number of urea groups is 1. The summed E-state index contributed by atoms with van der Waals surface area (Å²) in [5.74, 6) is -1.06. The molecule has 0 aliphatic rings. The SMILES string of the molecule is CCCN(C(=O)NC(Cc1cnc[nH]1)C(=O)O)C(C)C. The van der Waals surface area contributed by atoms with Crippen LogP contribution in [0.2, 0.25) is 0 Å². The molecule has 1 atom stereocenters. The molecular formula is C13H22N4O3. The van der Waals surface area contributed by atoms with Crippen LogP contribution >= 0.6 is 0 Å². The summed E-state index contributed by atoms with van der Waals surface area (Å²) in [6.07, 6.45) is 4.03. The second kappa shape index (κ2) is 7.52. The van der Waals surface area contributed by atoms with Crippen LogP contribution in [0.3, 0.4) is 0 Å². The third-order valence-electron chi connectivity index (χ3n) is 2.92. The van der Waals surface area contributed by atoms with Crippen molar-refractivity contribution in [2.45, 2.75) is 45.7 Å². The van der Waals surface area contributed by atoms with Gasteiger partial charge in [-0.2, -0.15) is 0 Å². The van der Waals surface area contributed by atoms with Crippen molar-refractivity contribution >= 4 is 12.0 Å². The summed E-state index contributed by atoms with van der Waals surface area (Å²) in [7, 11) is 0. The maximum absolute atomic E-state index is 12.1. The minimum Gasteiger partial charge on any atom is -0.480 e. The molecule has 3 N–H and O–H groups in total. The first-order valence-corrected chi connectivity index (χ1v) is 6.72. The number of hydrogen-bond acceptors (Lipinski definition) is 3. The normalized spacial score (nSPS) is 12.2. The number of carbonyl (C=O) groups is 2. The van der Waals surface area contributed by atoms with E-state index in [-0.39, 0.29) is 18.5 Å². The lowest BCUT2D eigenvalue weighted by Gasteiger charge is -2.28. The Morgan fingerprint density at radius 1 is 1.50 bits per heavy atom. The van der Waals surface area contributed by atoms with Gasteiger partial charge in [0, 0.05) is 30.9 Å². The van der Waals surface area contributed by atoms with E-state index in [9.17, 15) is 14.7 Å². The fraction of sp³-hybridized carbons (Fsp3) is 0.615. The number of aromatic amines is 1. The number of hydrogen-bond donors (Lipinski definition) is 3. The molecule has 1 rings (SSSR count). The third kappa shape index (κ3) is 4.56. The summed E-state index contributed by atoms with van der Waals surface area (Å²) in [6, 6.07) is -1.30. The number of nitrogens with zero attached hydrogens (tertiary/aromatic N) is 2. The number of aliphatic carboxylic acids is 1. The highest BCUT2D eigenvalue weighted by molar-refractivity contribution is 5.82. The van der Waals surface area contributed by atoms with Gasteiger partial charge in [-0.15, -0.1) is 0 Å². The van der Waals surface area contributed by atoms with Gasteiger partial charge in [0.2, 0.25) is 0 Å². The van der Waals surface area contributed by atoms with Crippen LogP contribution in [0.25, 0.3) is 0 Å². The van der Waals surface area contributed by atoms with Gasteiger partial charge in [0.05, 0.1) is 6.33 Å². The molecule has 0 radical (unpaired) electrons. The molecule has 20 heavy (non-hydrogen) atoms. The largest absolute Gasteiger partial charge is 0.480 e. The molecule has 0 aliphatic carbocycles. The van der Waals surface area contributed by atoms with E-state index >= 15 is 0 Å². The fourth-order valence-electron chi connectivity index (χ4n) is 1.88. The van der Waals surface area contributed by atoms with E-state index in [0.29, 0.717) is 12.2 Å². The molecule has 1 aromatic heterocycles. The number of carboxylic acids is 1. The number of amides is 2. The first-order valence-electron chi connectivity index (χ1n) is 6.72. The predicted octanol–water partition coefficient (Wildman–Crippen LogP) is 1.24. The van der Waals surface area contributed by atoms with Crippen molar-refractivity contribution in [2.24, 2.45) is 0 Å². The van der Waals surface area contributed by atoms with Crippen LogP contribution in [0.1, 0.15) is 32.9 Å². The standard InChI is InChI=1S/C13H22N4O3/c1-4-5-17(9(2)3)13(20)16-11(12(18)19)6-10-7-14-8-15-10/h7-9,11H,4-6H2,1-3H3,(H,14,15)(H,16,20)(H,18,19). The molecule has 0 bridgehead atoms. The molecule has 112 valence electrons. The molecule has 1 heterocycles. The van der Waals surface area contributed by atoms with Gasteiger partial charge in [0.25, 0.3) is 0 Å². The van der Waals surface area contributed by atoms with Gasteiger partial charge in [0.15, 0.2) is 0 Å². The smallest absolute Gasteiger partial charge is 0.326 e. The molecule has 0 aromatic carbocycles. The van der Waals surface area contributed by atoms with Gasteiger partial charge in [-0.25, -0.2) is 14.6 Å². The van der Waals surface area contributed by atoms with E-state index in [1.807, 2.05) is 20.8 Å². The van der Waals surface area contributed by atoms with E-state index in [4.69, 9.17) is 0 Å². The van der Waals surface area contributed by atoms with Gasteiger partial charge in [-0.3, -0.25) is 0 Å². The highest BCUT2D eigenvalue weighted by atomic mass is 16.4. The molecule has 7 nitrogen and oxygen atoms in total. The Balaban J connectivity index is 2.69. The molecule has 0 aliphatic heterocycles. The van der Waals surface area contributed by atoms with Crippen molar-refractivity contribution in [3.63, 3.8) is 0 Å². The molecular weight excluding hydrogens is 260 g/mol. The van der Waals surface area contributed by atoms with Crippen LogP contribution in [-0.2, 0) is 11.2 Å². The van der Waals surface area contributed by atoms with Crippen molar-refractivity contribution < 1.29 is 14.7 Å². The monoisotopic (exact) mass is 282 g/mol. The van der Waals surface area contributed by atoms with E-state index in [0.717, 1.165) is 6.42 Å². The van der Waals surface area contributed by atoms with Crippen LogP contribution < -0.4 is 5.32 Å². The van der Waals surface area contributed by atoms with Crippen LogP contribution in [-0.4, -0.2) is 50.6 Å². The average molecular weight is 282 g/mol. The van der Waals surface area contributed by atoms with Crippen molar-refractivity contribution in [3.05, 3.63) is 18.2 Å². The van der Waals surface area contributed by atoms with Gasteiger partial charge in [-0.05, 0) is 20.3 Å². The van der Waals surface area contributed by atoms with Crippen molar-refractivity contribution in [1.82, 2.24) is 20.2 Å². The molecule has 7 heteroatoms. The lowest BCUT2D eigenvalue weighted by Crippen LogP contribution is -2.51. The number of rotatable bonds is 7. The summed E-state index contributed by atoms with van der Waals surface area (Å²) in [5.41, 5.74) is 0.671. The van der Waals surface area contributed by atoms with Gasteiger partial charge in [-0.1, -0.05) is 6.92 Å². The first-order chi connectivity index (χ1) is 9.45. The molecule has 0 fully saturated rings. The predicted molar refractivity (Wildman–Crippen MR) is 74.4 cm³/mol. The second-order valence-corrected chi connectivity index (χ2v) is 4.91. The van der Waals surface area contributed by atoms with E-state index in [2.05, 4.69) is 15.3 Å². The summed E-state index contributed by atoms with van der Waals surface area (Å²) in [5, 5.41) is 11.8. The highest BCUT2D eigenvalue weighted by Crippen LogP contribution is 2.04. The third-order valence-corrected chi connectivity index (χ3v) is 2.92. The zero-order valence-electron chi connectivity index (χ0n) is 12.1. The Morgan fingerprint density at radius 2 is 2.20 bits per heavy atom. The highest BCUT2D eigenvalue weighted by Gasteiger charge is 2.24. The number of aromatic nitrogens is 2. The number of carboxylic acid groups (broad SMARTS) is 1. The molecule has 0 saturated heterocycles. The summed E-state index contributed by atoms with van der Waals surface area (Å²) in [6.45, 7) is 6.38. The summed E-state index contributed by atoms with van der Waals surface area (Å²) < 4.78 is 0. The average Bonchev–Trinajstić information content (AvgIpc) is 2.87. The number of H-pyrrole nitrogens is 1. The Hall–Kier alpha value is -2.05. The van der Waals surface area contributed by atoms with Crippen LogP contribution in [0.4, 0.5) is 4.79 Å². The van der Waals surface area contributed by atoms with Crippen molar-refractivity contribution in [1.29, 1.82) is 0 Å². The quantitative estimate of drug-likeness (QED) is 0.700. The zero-order chi connectivity index (χ0) is 15.1. The van der Waals surface area contributed by atoms with Gasteiger partial charge < -0.3 is 20.3 Å². The Kier molecular flexibility index (Phi) is 6.02. The maximum Gasteiger partial charge on any atom is 0.326 e. The fourth-order valence-corrected chi connectivity index (χ4v) is 1.88. The second-order valence-electron chi connectivity index (χ2n) is 4.91. The topological polar surface area (TPSA) is 98.3 Å². The van der Waals surface area contributed by atoms with E-state index in [1.165, 1.54) is 6.33 Å². The van der Waals surface area contributed by atoms with Crippen LogP contribution in [0.5, 0.6) is 0 Å². The van der Waals surface area contributed by atoms with E-state index in [1.54, 1.807) is 11.1 Å². The van der Waals surface area contributed by atoms with Gasteiger partial charge >= 0.3 is 12.0 Å². The lowest BCUT2D eigenvalue weighted by atomic mass is 10.1. The first kappa shape index (κ1) is 16.0. The Bertz CT molecular complexity index is 431. The molecule has 1 aromatic rings. The summed E-state index contributed by atoms with van der Waals surface area (Å²) >= 11 is 0. The van der Waals surface area contributed by atoms with Crippen LogP contribution in [0, 0.1) is 0 Å². The minimum atomic E-state index is -1.06. The Labute approximate surface area is 118 Å². The zero-order valence-corrected chi connectivity index (χ0v) is 12.1. The molecule has 0 spiro atoms. The van der Waals surface area contributed by atoms with E-state index < -0.39 is 12.0 Å². The van der Waals surface area contributed by atoms with Crippen molar-refractivity contribution in [2.75, 3.05) is 6.54 Å². The van der Waals surface area contributed by atoms with Crippen molar-refractivity contribution in [3.8, 4) is 0 Å². The van der Waals surface area contributed by atoms with Gasteiger partial charge in [0.1, 0.15) is 6.04 Å². The summed E-state index contributed by atoms with van der Waals surface area (Å²) in [4.78, 5) is 31.7. The maximum atomic E-state index is 12.1. The molecule has 1 unspecified atom stereocenters. The number of carbonyl (C=O) groups excluding carboxylic acids is 1. The number of imidazole rings is 1. The lowest BCUT2D eigenvalue weighted by molar-refractivity contribution is -0.139. The minimum absolute atomic E-state index is 0.0246.